The molecule has 94 valence electrons. The van der Waals surface area contributed by atoms with Crippen molar-refractivity contribution in [2.45, 2.75) is 13.0 Å². The summed E-state index contributed by atoms with van der Waals surface area (Å²) in [6.07, 6.45) is -0.507. The number of carbonyl (C=O) groups excluding carboxylic acids is 1. The highest BCUT2D eigenvalue weighted by Gasteiger charge is 2.12. The molecule has 1 aromatic carbocycles. The van der Waals surface area contributed by atoms with Crippen LogP contribution in [0, 0.1) is 0 Å². The van der Waals surface area contributed by atoms with Gasteiger partial charge in [-0.2, -0.15) is 0 Å². The van der Waals surface area contributed by atoms with Crippen LogP contribution in [0.15, 0.2) is 18.2 Å². The second kappa shape index (κ2) is 6.10. The summed E-state index contributed by atoms with van der Waals surface area (Å²) in [6, 6.07) is 5.15. The molecule has 0 aromatic heterocycles. The molecule has 0 saturated carbocycles. The highest BCUT2D eigenvalue weighted by Crippen LogP contribution is 2.25. The van der Waals surface area contributed by atoms with Gasteiger partial charge in [0.2, 0.25) is 0 Å². The van der Waals surface area contributed by atoms with Gasteiger partial charge < -0.3 is 19.5 Å². The van der Waals surface area contributed by atoms with E-state index in [1.54, 1.807) is 39.3 Å². The van der Waals surface area contributed by atoms with Crippen LogP contribution in [0.4, 0.5) is 5.69 Å². The fourth-order valence-corrected chi connectivity index (χ4v) is 1.23. The second-order valence-electron chi connectivity index (χ2n) is 3.47. The van der Waals surface area contributed by atoms with Gasteiger partial charge in [0.25, 0.3) is 5.91 Å². The summed E-state index contributed by atoms with van der Waals surface area (Å²) in [6.45, 7) is 1.67. The number of nitrogens with one attached hydrogen (secondary N) is 1. The lowest BCUT2D eigenvalue weighted by molar-refractivity contribution is -0.124. The minimum absolute atomic E-state index is 0.220. The molecule has 1 atom stereocenters. The van der Waals surface area contributed by atoms with Crippen LogP contribution < -0.4 is 14.8 Å². The van der Waals surface area contributed by atoms with Crippen molar-refractivity contribution >= 4 is 11.6 Å². The molecule has 17 heavy (non-hydrogen) atoms. The Morgan fingerprint density at radius 3 is 2.06 bits per heavy atom. The molecule has 1 aromatic rings. The van der Waals surface area contributed by atoms with Crippen LogP contribution in [0.5, 0.6) is 11.5 Å². The normalized spacial score (nSPS) is 11.8. The Hall–Kier alpha value is -1.75. The molecule has 0 saturated heterocycles. The maximum atomic E-state index is 11.6. The molecule has 5 nitrogen and oxygen atoms in total. The molecule has 0 aliphatic heterocycles. The van der Waals surface area contributed by atoms with Gasteiger partial charge in [0.05, 0.1) is 14.2 Å². The molecule has 1 amide bonds. The Balaban J connectivity index is 2.86. The van der Waals surface area contributed by atoms with Gasteiger partial charge in [-0.05, 0) is 6.92 Å². The lowest BCUT2D eigenvalue weighted by Crippen LogP contribution is -2.26. The minimum Gasteiger partial charge on any atom is -0.497 e. The minimum atomic E-state index is -0.507. The number of methoxy groups -OCH3 is 3. The molecule has 0 aliphatic carbocycles. The standard InChI is InChI=1S/C12H17NO4/c1-8(15-2)12(14)13-9-5-10(16-3)7-11(6-9)17-4/h5-8H,1-4H3,(H,13,14). The summed E-state index contributed by atoms with van der Waals surface area (Å²) in [5, 5.41) is 2.72. The highest BCUT2D eigenvalue weighted by molar-refractivity contribution is 5.94. The fraction of sp³-hybridized carbons (Fsp3) is 0.417. The van der Waals surface area contributed by atoms with E-state index in [4.69, 9.17) is 14.2 Å². The molecule has 0 spiro atoms. The number of hydrogen-bond acceptors (Lipinski definition) is 4. The quantitative estimate of drug-likeness (QED) is 0.849. The van der Waals surface area contributed by atoms with E-state index in [1.165, 1.54) is 7.11 Å². The Morgan fingerprint density at radius 1 is 1.12 bits per heavy atom. The monoisotopic (exact) mass is 239 g/mol. The zero-order valence-corrected chi connectivity index (χ0v) is 10.4. The molecule has 1 N–H and O–H groups in total. The van der Waals surface area contributed by atoms with Crippen molar-refractivity contribution in [2.24, 2.45) is 0 Å². The van der Waals surface area contributed by atoms with E-state index in [-0.39, 0.29) is 5.91 Å². The zero-order chi connectivity index (χ0) is 12.8. The van der Waals surface area contributed by atoms with Crippen LogP contribution in [0.2, 0.25) is 0 Å². The first-order valence-corrected chi connectivity index (χ1v) is 5.17. The second-order valence-corrected chi connectivity index (χ2v) is 3.47. The summed E-state index contributed by atoms with van der Waals surface area (Å²) >= 11 is 0. The number of amides is 1. The van der Waals surface area contributed by atoms with Gasteiger partial charge in [-0.3, -0.25) is 4.79 Å². The zero-order valence-electron chi connectivity index (χ0n) is 10.4. The third-order valence-corrected chi connectivity index (χ3v) is 2.34. The number of benzene rings is 1. The van der Waals surface area contributed by atoms with Crippen LogP contribution in [-0.4, -0.2) is 33.3 Å². The number of carbonyl (C=O) groups is 1. The van der Waals surface area contributed by atoms with Crippen molar-refractivity contribution in [2.75, 3.05) is 26.6 Å². The van der Waals surface area contributed by atoms with Crippen molar-refractivity contribution in [1.29, 1.82) is 0 Å². The van der Waals surface area contributed by atoms with E-state index in [2.05, 4.69) is 5.32 Å². The first kappa shape index (κ1) is 13.3. The maximum Gasteiger partial charge on any atom is 0.253 e. The topological polar surface area (TPSA) is 56.8 Å². The van der Waals surface area contributed by atoms with Gasteiger partial charge in [0.15, 0.2) is 0 Å². The van der Waals surface area contributed by atoms with Gasteiger partial charge in [0.1, 0.15) is 17.6 Å². The molecule has 1 rings (SSSR count). The smallest absolute Gasteiger partial charge is 0.253 e. The summed E-state index contributed by atoms with van der Waals surface area (Å²) < 4.78 is 15.1. The molecular formula is C12H17NO4. The fourth-order valence-electron chi connectivity index (χ4n) is 1.23. The van der Waals surface area contributed by atoms with Gasteiger partial charge in [-0.1, -0.05) is 0 Å². The van der Waals surface area contributed by atoms with Gasteiger partial charge in [-0.25, -0.2) is 0 Å². The Labute approximate surface area is 101 Å². The molecular weight excluding hydrogens is 222 g/mol. The predicted molar refractivity (Wildman–Crippen MR) is 64.6 cm³/mol. The Kier molecular flexibility index (Phi) is 4.78. The third kappa shape index (κ3) is 3.64. The lowest BCUT2D eigenvalue weighted by atomic mass is 10.2. The van der Waals surface area contributed by atoms with Crippen molar-refractivity contribution in [3.05, 3.63) is 18.2 Å². The Morgan fingerprint density at radius 2 is 1.65 bits per heavy atom. The molecule has 5 heteroatoms. The van der Waals surface area contributed by atoms with Gasteiger partial charge >= 0.3 is 0 Å². The van der Waals surface area contributed by atoms with E-state index in [9.17, 15) is 4.79 Å². The molecule has 0 aliphatic rings. The number of ether oxygens (including phenoxy) is 3. The molecule has 0 fully saturated rings. The number of hydrogen-bond donors (Lipinski definition) is 1. The Bertz CT molecular complexity index is 370. The first-order valence-electron chi connectivity index (χ1n) is 5.17. The van der Waals surface area contributed by atoms with Gasteiger partial charge in [0, 0.05) is 31.0 Å². The van der Waals surface area contributed by atoms with E-state index in [1.807, 2.05) is 0 Å². The molecule has 0 bridgehead atoms. The van der Waals surface area contributed by atoms with E-state index in [0.29, 0.717) is 17.2 Å². The van der Waals surface area contributed by atoms with Crippen LogP contribution in [0.1, 0.15) is 6.92 Å². The summed E-state index contributed by atoms with van der Waals surface area (Å²) in [4.78, 5) is 11.6. The maximum absolute atomic E-state index is 11.6. The van der Waals surface area contributed by atoms with Crippen LogP contribution in [-0.2, 0) is 9.53 Å². The highest BCUT2D eigenvalue weighted by atomic mass is 16.5. The third-order valence-electron chi connectivity index (χ3n) is 2.34. The number of rotatable bonds is 5. The molecule has 0 radical (unpaired) electrons. The van der Waals surface area contributed by atoms with Crippen molar-refractivity contribution in [3.8, 4) is 11.5 Å². The largest absolute Gasteiger partial charge is 0.497 e. The van der Waals surface area contributed by atoms with Crippen molar-refractivity contribution in [3.63, 3.8) is 0 Å². The summed E-state index contributed by atoms with van der Waals surface area (Å²) in [5.74, 6) is 1.01. The predicted octanol–water partition coefficient (Wildman–Crippen LogP) is 1.68. The average molecular weight is 239 g/mol. The van der Waals surface area contributed by atoms with Crippen molar-refractivity contribution < 1.29 is 19.0 Å². The summed E-state index contributed by atoms with van der Waals surface area (Å²) in [5.41, 5.74) is 0.607. The van der Waals surface area contributed by atoms with Crippen LogP contribution in [0.25, 0.3) is 0 Å². The van der Waals surface area contributed by atoms with E-state index in [0.717, 1.165) is 0 Å². The van der Waals surface area contributed by atoms with Crippen molar-refractivity contribution in [1.82, 2.24) is 0 Å². The van der Waals surface area contributed by atoms with Crippen LogP contribution >= 0.6 is 0 Å². The van der Waals surface area contributed by atoms with E-state index < -0.39 is 6.10 Å². The summed E-state index contributed by atoms with van der Waals surface area (Å²) in [7, 11) is 4.59. The molecule has 1 unspecified atom stereocenters. The van der Waals surface area contributed by atoms with Gasteiger partial charge in [-0.15, -0.1) is 0 Å². The SMILES string of the molecule is COc1cc(NC(=O)C(C)OC)cc(OC)c1. The van der Waals surface area contributed by atoms with Crippen LogP contribution in [0.3, 0.4) is 0 Å². The average Bonchev–Trinajstić information content (AvgIpc) is 2.36. The first-order chi connectivity index (χ1) is 8.10. The van der Waals surface area contributed by atoms with E-state index >= 15 is 0 Å². The number of anilines is 1. The molecule has 0 heterocycles. The lowest BCUT2D eigenvalue weighted by Gasteiger charge is -2.12.